The molecule has 0 amide bonds. The van der Waals surface area contributed by atoms with Crippen molar-refractivity contribution in [1.82, 2.24) is 4.90 Å². The third-order valence-electron chi connectivity index (χ3n) is 8.68. The Morgan fingerprint density at radius 2 is 2.22 bits per heavy atom. The molecule has 0 N–H and O–H groups in total. The van der Waals surface area contributed by atoms with Crippen LogP contribution in [0.2, 0.25) is 0 Å². The quantitative estimate of drug-likeness (QED) is 0.473. The van der Waals surface area contributed by atoms with Crippen LogP contribution in [0.3, 0.4) is 0 Å². The number of fused-ring (bicyclic) bond motifs is 1. The van der Waals surface area contributed by atoms with Crippen LogP contribution in [0, 0.1) is 17.8 Å². The number of carbonyl (C=O) groups excluding carboxylic acids is 2. The maximum absolute atomic E-state index is 12.3. The minimum Gasteiger partial charge on any atom is -0.492 e. The summed E-state index contributed by atoms with van der Waals surface area (Å²) in [5.41, 5.74) is 0.0265. The number of nitrogens with zero attached hydrogens (tertiary/aromatic N) is 1. The number of esters is 2. The lowest BCUT2D eigenvalue weighted by Crippen LogP contribution is -2.65. The number of hydrogen-bond donors (Lipinski definition) is 0. The molecule has 6 aliphatic rings. The number of allylic oxidation sites excluding steroid dienone is 1. The number of hydrogen-bond acceptors (Lipinski definition) is 8. The van der Waals surface area contributed by atoms with Crippen molar-refractivity contribution < 1.29 is 33.3 Å². The standard InChI is InChI=1S/C24H29NO7/c1-6-7-16(29-13(4)26)23-15-8-9-25(23)14-10-17(23)31-24(15)18(14)11(2)20(32-24)21-19(28-5)12(3)22(27)30-21/h6,11,14-18H,1,7-10H2,2-5H3/b21-20-/t11-,14?,15?,16+,17?,18?,23?,24-/m1/s1. The lowest BCUT2D eigenvalue weighted by Gasteiger charge is -2.50. The van der Waals surface area contributed by atoms with Crippen LogP contribution in [0.25, 0.3) is 0 Å². The minimum atomic E-state index is -0.816. The van der Waals surface area contributed by atoms with E-state index < -0.39 is 17.3 Å². The van der Waals surface area contributed by atoms with Crippen LogP contribution in [0.5, 0.6) is 0 Å². The van der Waals surface area contributed by atoms with Gasteiger partial charge in [-0.25, -0.2) is 4.79 Å². The van der Waals surface area contributed by atoms with E-state index in [9.17, 15) is 9.59 Å². The molecule has 8 heteroatoms. The minimum absolute atomic E-state index is 0.00872. The van der Waals surface area contributed by atoms with Gasteiger partial charge in [0.05, 0.1) is 36.2 Å². The fourth-order valence-corrected chi connectivity index (χ4v) is 7.89. The van der Waals surface area contributed by atoms with E-state index in [1.807, 2.05) is 6.08 Å². The fraction of sp³-hybridized carbons (Fsp3) is 0.667. The number of cyclic esters (lactones) is 1. The zero-order chi connectivity index (χ0) is 22.6. The number of carbonyl (C=O) groups is 2. The molecule has 5 saturated heterocycles. The Morgan fingerprint density at radius 3 is 2.91 bits per heavy atom. The molecule has 0 saturated carbocycles. The fourth-order valence-electron chi connectivity index (χ4n) is 7.89. The Bertz CT molecular complexity index is 1000. The summed E-state index contributed by atoms with van der Waals surface area (Å²) in [6.45, 7) is 10.1. The van der Waals surface area contributed by atoms with Crippen LogP contribution in [0.1, 0.15) is 40.0 Å². The van der Waals surface area contributed by atoms with E-state index in [1.165, 1.54) is 14.0 Å². The summed E-state index contributed by atoms with van der Waals surface area (Å²) >= 11 is 0. The van der Waals surface area contributed by atoms with E-state index in [4.69, 9.17) is 23.7 Å². The van der Waals surface area contributed by atoms with Crippen molar-refractivity contribution in [2.75, 3.05) is 13.7 Å². The normalized spacial score (nSPS) is 48.1. The molecule has 6 aliphatic heterocycles. The summed E-state index contributed by atoms with van der Waals surface area (Å²) in [5.74, 6) is 0.0417. The summed E-state index contributed by atoms with van der Waals surface area (Å²) in [6, 6.07) is 0.247. The summed E-state index contributed by atoms with van der Waals surface area (Å²) in [6.07, 6.45) is 3.74. The van der Waals surface area contributed by atoms with Crippen LogP contribution < -0.4 is 0 Å². The summed E-state index contributed by atoms with van der Waals surface area (Å²) in [7, 11) is 1.53. The molecule has 32 heavy (non-hydrogen) atoms. The predicted octanol–water partition coefficient (Wildman–Crippen LogP) is 2.41. The molecule has 172 valence electrons. The first-order valence-corrected chi connectivity index (χ1v) is 11.4. The van der Waals surface area contributed by atoms with Gasteiger partial charge in [-0.2, -0.15) is 0 Å². The van der Waals surface area contributed by atoms with Crippen molar-refractivity contribution in [1.29, 1.82) is 0 Å². The van der Waals surface area contributed by atoms with Gasteiger partial charge in [0.2, 0.25) is 11.5 Å². The van der Waals surface area contributed by atoms with E-state index in [0.29, 0.717) is 29.3 Å². The number of ether oxygens (including phenoxy) is 5. The van der Waals surface area contributed by atoms with Gasteiger partial charge >= 0.3 is 11.9 Å². The SMILES string of the molecule is C=CC[C@H](OC(C)=O)C12C3CC4C5[C@@H](C)/C(=C6/OC(=O)C(C)=C6OC)O[C@]5(O3)C1CCN42. The number of methoxy groups -OCH3 is 1. The van der Waals surface area contributed by atoms with Gasteiger partial charge in [-0.05, 0) is 26.3 Å². The highest BCUT2D eigenvalue weighted by Gasteiger charge is 2.86. The van der Waals surface area contributed by atoms with Gasteiger partial charge in [-0.15, -0.1) is 6.58 Å². The zero-order valence-corrected chi connectivity index (χ0v) is 18.9. The van der Waals surface area contributed by atoms with Gasteiger partial charge in [-0.1, -0.05) is 13.0 Å². The first kappa shape index (κ1) is 20.3. The highest BCUT2D eigenvalue weighted by molar-refractivity contribution is 5.93. The lowest BCUT2D eigenvalue weighted by molar-refractivity contribution is -0.257. The molecule has 6 rings (SSSR count). The molecule has 6 heterocycles. The average Bonchev–Trinajstić information content (AvgIpc) is 3.46. The van der Waals surface area contributed by atoms with E-state index in [0.717, 1.165) is 19.4 Å². The highest BCUT2D eigenvalue weighted by Crippen LogP contribution is 2.73. The molecule has 5 fully saturated rings. The van der Waals surface area contributed by atoms with Crippen molar-refractivity contribution in [2.45, 2.75) is 69.6 Å². The molecule has 0 aliphatic carbocycles. The first-order chi connectivity index (χ1) is 15.3. The molecule has 8 nitrogen and oxygen atoms in total. The smallest absolute Gasteiger partial charge is 0.343 e. The van der Waals surface area contributed by atoms with Gasteiger partial charge in [0, 0.05) is 25.3 Å². The second-order valence-corrected chi connectivity index (χ2v) is 9.83. The van der Waals surface area contributed by atoms with Crippen LogP contribution in [0.15, 0.2) is 35.5 Å². The molecule has 0 aromatic rings. The summed E-state index contributed by atoms with van der Waals surface area (Å²) in [4.78, 5) is 26.8. The Morgan fingerprint density at radius 1 is 1.44 bits per heavy atom. The van der Waals surface area contributed by atoms with E-state index in [2.05, 4.69) is 18.4 Å². The molecular formula is C24H29NO7. The van der Waals surface area contributed by atoms with E-state index in [-0.39, 0.29) is 42.0 Å². The summed E-state index contributed by atoms with van der Waals surface area (Å²) < 4.78 is 30.5. The van der Waals surface area contributed by atoms with Gasteiger partial charge in [0.25, 0.3) is 0 Å². The Balaban J connectivity index is 1.47. The van der Waals surface area contributed by atoms with Gasteiger partial charge in [-0.3, -0.25) is 9.69 Å². The Labute approximate surface area is 187 Å². The topological polar surface area (TPSA) is 83.5 Å². The van der Waals surface area contributed by atoms with Crippen LogP contribution in [-0.2, 0) is 33.3 Å². The van der Waals surface area contributed by atoms with Crippen LogP contribution in [-0.4, -0.2) is 60.1 Å². The van der Waals surface area contributed by atoms with Crippen molar-refractivity contribution in [3.63, 3.8) is 0 Å². The molecule has 6 unspecified atom stereocenters. The van der Waals surface area contributed by atoms with E-state index >= 15 is 0 Å². The second-order valence-electron chi connectivity index (χ2n) is 9.83. The Kier molecular flexibility index (Phi) is 4.05. The molecular weight excluding hydrogens is 414 g/mol. The Hall–Kier alpha value is -2.32. The lowest BCUT2D eigenvalue weighted by atomic mass is 9.68. The zero-order valence-electron chi connectivity index (χ0n) is 18.9. The second kappa shape index (κ2) is 6.38. The van der Waals surface area contributed by atoms with Gasteiger partial charge in [0.1, 0.15) is 11.9 Å². The molecule has 0 radical (unpaired) electrons. The molecule has 0 aromatic carbocycles. The van der Waals surface area contributed by atoms with Crippen LogP contribution >= 0.6 is 0 Å². The number of rotatable bonds is 5. The molecule has 0 aromatic heterocycles. The maximum Gasteiger partial charge on any atom is 0.343 e. The van der Waals surface area contributed by atoms with Crippen molar-refractivity contribution in [3.8, 4) is 0 Å². The molecule has 5 bridgehead atoms. The van der Waals surface area contributed by atoms with Gasteiger partial charge < -0.3 is 23.7 Å². The van der Waals surface area contributed by atoms with E-state index in [1.54, 1.807) is 6.92 Å². The monoisotopic (exact) mass is 443 g/mol. The largest absolute Gasteiger partial charge is 0.492 e. The summed E-state index contributed by atoms with van der Waals surface area (Å²) in [5, 5.41) is 0. The average molecular weight is 443 g/mol. The molecule has 9 atom stereocenters. The third-order valence-corrected chi connectivity index (χ3v) is 8.68. The van der Waals surface area contributed by atoms with Crippen molar-refractivity contribution in [3.05, 3.63) is 35.5 Å². The van der Waals surface area contributed by atoms with Gasteiger partial charge in [0.15, 0.2) is 5.76 Å². The third kappa shape index (κ3) is 2.07. The highest BCUT2D eigenvalue weighted by atomic mass is 16.7. The van der Waals surface area contributed by atoms with Crippen molar-refractivity contribution >= 4 is 11.9 Å². The first-order valence-electron chi connectivity index (χ1n) is 11.4. The van der Waals surface area contributed by atoms with Crippen molar-refractivity contribution in [2.24, 2.45) is 17.8 Å². The number of piperidine rings is 1. The molecule has 1 spiro atoms. The van der Waals surface area contributed by atoms with Crippen LogP contribution in [0.4, 0.5) is 0 Å². The maximum atomic E-state index is 12.3. The predicted molar refractivity (Wildman–Crippen MR) is 110 cm³/mol.